The minimum atomic E-state index is -0.0808. The molecule has 0 fully saturated rings. The van der Waals surface area contributed by atoms with E-state index in [-0.39, 0.29) is 5.41 Å². The van der Waals surface area contributed by atoms with E-state index in [1.165, 1.54) is 5.56 Å². The second-order valence-electron chi connectivity index (χ2n) is 6.34. The van der Waals surface area contributed by atoms with Crippen LogP contribution in [0, 0.1) is 5.92 Å². The number of rotatable bonds is 7. The lowest BCUT2D eigenvalue weighted by Gasteiger charge is -2.21. The van der Waals surface area contributed by atoms with E-state index >= 15 is 0 Å². The first kappa shape index (κ1) is 16.1. The fourth-order valence-corrected chi connectivity index (χ4v) is 3.14. The smallest absolute Gasteiger partial charge is 0.127 e. The van der Waals surface area contributed by atoms with Gasteiger partial charge in [-0.15, -0.1) is 21.5 Å². The summed E-state index contributed by atoms with van der Waals surface area (Å²) in [4.78, 5) is 0. The van der Waals surface area contributed by atoms with Gasteiger partial charge in [-0.05, 0) is 31.9 Å². The Morgan fingerprint density at radius 2 is 1.86 bits per heavy atom. The van der Waals surface area contributed by atoms with E-state index < -0.39 is 0 Å². The molecule has 3 nitrogen and oxygen atoms in total. The van der Waals surface area contributed by atoms with Gasteiger partial charge in [0.1, 0.15) is 10.0 Å². The van der Waals surface area contributed by atoms with Crippen molar-refractivity contribution < 1.29 is 0 Å². The van der Waals surface area contributed by atoms with Crippen molar-refractivity contribution in [2.24, 2.45) is 5.92 Å². The maximum atomic E-state index is 4.42. The maximum Gasteiger partial charge on any atom is 0.127 e. The molecule has 21 heavy (non-hydrogen) atoms. The number of aromatic nitrogens is 2. The lowest BCUT2D eigenvalue weighted by Crippen LogP contribution is -2.22. The SMILES string of the molecule is CC(C)CNCCc1nnc(C(C)(C)c2ccccc2)s1. The first-order chi connectivity index (χ1) is 10.00. The topological polar surface area (TPSA) is 37.8 Å². The van der Waals surface area contributed by atoms with Gasteiger partial charge in [-0.25, -0.2) is 0 Å². The highest BCUT2D eigenvalue weighted by molar-refractivity contribution is 7.11. The van der Waals surface area contributed by atoms with Crippen LogP contribution in [-0.2, 0) is 11.8 Å². The minimum Gasteiger partial charge on any atom is -0.316 e. The highest BCUT2D eigenvalue weighted by Crippen LogP contribution is 2.33. The highest BCUT2D eigenvalue weighted by Gasteiger charge is 2.27. The van der Waals surface area contributed by atoms with Gasteiger partial charge in [-0.2, -0.15) is 0 Å². The quantitative estimate of drug-likeness (QED) is 0.793. The lowest BCUT2D eigenvalue weighted by molar-refractivity contribution is 0.553. The van der Waals surface area contributed by atoms with Crippen LogP contribution in [0.5, 0.6) is 0 Å². The average molecular weight is 303 g/mol. The number of nitrogens with one attached hydrogen (secondary N) is 1. The summed E-state index contributed by atoms with van der Waals surface area (Å²) in [5.74, 6) is 0.687. The first-order valence-electron chi connectivity index (χ1n) is 7.59. The average Bonchev–Trinajstić information content (AvgIpc) is 2.94. The van der Waals surface area contributed by atoms with E-state index in [0.29, 0.717) is 5.92 Å². The van der Waals surface area contributed by atoms with E-state index in [1.807, 2.05) is 6.07 Å². The predicted octanol–water partition coefficient (Wildman–Crippen LogP) is 3.65. The Morgan fingerprint density at radius 1 is 1.14 bits per heavy atom. The van der Waals surface area contributed by atoms with Crippen LogP contribution in [0.2, 0.25) is 0 Å². The molecule has 0 unspecified atom stereocenters. The predicted molar refractivity (Wildman–Crippen MR) is 89.9 cm³/mol. The molecule has 0 amide bonds. The van der Waals surface area contributed by atoms with Gasteiger partial charge in [-0.1, -0.05) is 44.2 Å². The molecule has 1 N–H and O–H groups in total. The van der Waals surface area contributed by atoms with Gasteiger partial charge < -0.3 is 5.32 Å². The van der Waals surface area contributed by atoms with Crippen molar-refractivity contribution in [2.45, 2.75) is 39.5 Å². The van der Waals surface area contributed by atoms with E-state index in [1.54, 1.807) is 11.3 Å². The zero-order valence-corrected chi connectivity index (χ0v) is 14.2. The van der Waals surface area contributed by atoms with Crippen LogP contribution in [0.3, 0.4) is 0 Å². The fourth-order valence-electron chi connectivity index (χ4n) is 2.17. The third-order valence-electron chi connectivity index (χ3n) is 3.57. The number of hydrogen-bond donors (Lipinski definition) is 1. The molecule has 1 heterocycles. The summed E-state index contributed by atoms with van der Waals surface area (Å²) < 4.78 is 0. The summed E-state index contributed by atoms with van der Waals surface area (Å²) in [6.45, 7) is 10.9. The van der Waals surface area contributed by atoms with Crippen LogP contribution >= 0.6 is 11.3 Å². The lowest BCUT2D eigenvalue weighted by atomic mass is 9.85. The number of benzene rings is 1. The van der Waals surface area contributed by atoms with Crippen LogP contribution in [0.1, 0.15) is 43.3 Å². The van der Waals surface area contributed by atoms with Gasteiger partial charge in [0, 0.05) is 18.4 Å². The molecule has 1 aromatic carbocycles. The van der Waals surface area contributed by atoms with Crippen molar-refractivity contribution >= 4 is 11.3 Å². The number of nitrogens with zero attached hydrogens (tertiary/aromatic N) is 2. The molecule has 0 atom stereocenters. The van der Waals surface area contributed by atoms with Crippen molar-refractivity contribution in [3.8, 4) is 0 Å². The monoisotopic (exact) mass is 303 g/mol. The Kier molecular flexibility index (Phi) is 5.48. The molecule has 0 saturated carbocycles. The van der Waals surface area contributed by atoms with E-state index in [9.17, 15) is 0 Å². The van der Waals surface area contributed by atoms with Gasteiger partial charge in [0.15, 0.2) is 0 Å². The standard InChI is InChI=1S/C17H25N3S/c1-13(2)12-18-11-10-15-19-20-16(21-15)17(3,4)14-8-6-5-7-9-14/h5-9,13,18H,10-12H2,1-4H3. The van der Waals surface area contributed by atoms with E-state index in [2.05, 4.69) is 67.5 Å². The molecule has 1 aromatic heterocycles. The Bertz CT molecular complexity index is 546. The molecule has 0 bridgehead atoms. The first-order valence-corrected chi connectivity index (χ1v) is 8.41. The zero-order valence-electron chi connectivity index (χ0n) is 13.4. The van der Waals surface area contributed by atoms with Crippen LogP contribution in [0.4, 0.5) is 0 Å². The van der Waals surface area contributed by atoms with Gasteiger partial charge in [0.25, 0.3) is 0 Å². The summed E-state index contributed by atoms with van der Waals surface area (Å²) in [5, 5.41) is 14.4. The molecule has 0 spiro atoms. The van der Waals surface area contributed by atoms with Gasteiger partial charge in [0.2, 0.25) is 0 Å². The minimum absolute atomic E-state index is 0.0808. The summed E-state index contributed by atoms with van der Waals surface area (Å²) in [5.41, 5.74) is 1.20. The molecule has 2 aromatic rings. The molecular weight excluding hydrogens is 278 g/mol. The molecule has 0 aliphatic carbocycles. The van der Waals surface area contributed by atoms with E-state index in [0.717, 1.165) is 29.5 Å². The Morgan fingerprint density at radius 3 is 2.52 bits per heavy atom. The second kappa shape index (κ2) is 7.14. The highest BCUT2D eigenvalue weighted by atomic mass is 32.1. The van der Waals surface area contributed by atoms with Crippen molar-refractivity contribution in [3.05, 3.63) is 45.9 Å². The molecule has 4 heteroatoms. The molecule has 0 radical (unpaired) electrons. The Labute approximate surface area is 131 Å². The Hall–Kier alpha value is -1.26. The van der Waals surface area contributed by atoms with Crippen molar-refractivity contribution in [1.29, 1.82) is 0 Å². The fraction of sp³-hybridized carbons (Fsp3) is 0.529. The molecule has 2 rings (SSSR count). The van der Waals surface area contributed by atoms with Crippen LogP contribution in [-0.4, -0.2) is 23.3 Å². The third kappa shape index (κ3) is 4.35. The van der Waals surface area contributed by atoms with Gasteiger partial charge in [0.05, 0.1) is 0 Å². The summed E-state index contributed by atoms with van der Waals surface area (Å²) in [6, 6.07) is 10.5. The van der Waals surface area contributed by atoms with Gasteiger partial charge >= 0.3 is 0 Å². The Balaban J connectivity index is 1.99. The van der Waals surface area contributed by atoms with Crippen LogP contribution < -0.4 is 5.32 Å². The third-order valence-corrected chi connectivity index (χ3v) is 4.87. The number of hydrogen-bond acceptors (Lipinski definition) is 4. The molecule has 114 valence electrons. The second-order valence-corrected chi connectivity index (χ2v) is 7.40. The normalized spacial score (nSPS) is 12.0. The van der Waals surface area contributed by atoms with Crippen molar-refractivity contribution in [1.82, 2.24) is 15.5 Å². The van der Waals surface area contributed by atoms with Crippen molar-refractivity contribution in [2.75, 3.05) is 13.1 Å². The molecule has 0 aliphatic rings. The van der Waals surface area contributed by atoms with E-state index in [4.69, 9.17) is 0 Å². The van der Waals surface area contributed by atoms with Crippen LogP contribution in [0.25, 0.3) is 0 Å². The van der Waals surface area contributed by atoms with Gasteiger partial charge in [-0.3, -0.25) is 0 Å². The largest absolute Gasteiger partial charge is 0.316 e. The zero-order chi connectivity index (χ0) is 15.3. The molecular formula is C17H25N3S. The summed E-state index contributed by atoms with van der Waals surface area (Å²) >= 11 is 1.73. The van der Waals surface area contributed by atoms with Crippen molar-refractivity contribution in [3.63, 3.8) is 0 Å². The molecule has 0 saturated heterocycles. The summed E-state index contributed by atoms with van der Waals surface area (Å²) in [6.07, 6.45) is 0.954. The summed E-state index contributed by atoms with van der Waals surface area (Å²) in [7, 11) is 0. The maximum absolute atomic E-state index is 4.42. The van der Waals surface area contributed by atoms with Crippen LogP contribution in [0.15, 0.2) is 30.3 Å². The molecule has 0 aliphatic heterocycles.